The first-order chi connectivity index (χ1) is 15.8. The van der Waals surface area contributed by atoms with E-state index >= 15 is 0 Å². The summed E-state index contributed by atoms with van der Waals surface area (Å²) >= 11 is 0. The number of rotatable bonds is 13. The minimum atomic E-state index is -1.23. The van der Waals surface area contributed by atoms with Crippen LogP contribution in [0, 0.1) is 5.92 Å². The lowest BCUT2D eigenvalue weighted by Gasteiger charge is -2.26. The lowest BCUT2D eigenvalue weighted by atomic mass is 10.0. The number of hydrogen-bond acceptors (Lipinski definition) is 7. The van der Waals surface area contributed by atoms with Gasteiger partial charge in [-0.2, -0.15) is 0 Å². The Labute approximate surface area is 197 Å². The molecule has 4 atom stereocenters. The molecule has 0 aliphatic carbocycles. The summed E-state index contributed by atoms with van der Waals surface area (Å²) in [4.78, 5) is 60.7. The number of aliphatic carboxylic acids is 1. The molecular formula is C22H33N5O7. The van der Waals surface area contributed by atoms with Crippen LogP contribution in [0.2, 0.25) is 0 Å². The van der Waals surface area contributed by atoms with Gasteiger partial charge in [0, 0.05) is 12.8 Å². The maximum atomic E-state index is 13.0. The molecule has 0 heterocycles. The number of carboxylic acid groups (broad SMARTS) is 1. The summed E-state index contributed by atoms with van der Waals surface area (Å²) in [6.45, 7) is 4.66. The van der Waals surface area contributed by atoms with Crippen LogP contribution in [-0.2, 0) is 30.4 Å². The van der Waals surface area contributed by atoms with Gasteiger partial charge in [-0.15, -0.1) is 0 Å². The predicted octanol–water partition coefficient (Wildman–Crippen LogP) is -1.26. The molecule has 0 aromatic heterocycles. The van der Waals surface area contributed by atoms with Crippen LogP contribution in [0.3, 0.4) is 0 Å². The monoisotopic (exact) mass is 479 g/mol. The molecule has 0 aliphatic heterocycles. The minimum Gasteiger partial charge on any atom is -0.508 e. The molecule has 34 heavy (non-hydrogen) atoms. The highest BCUT2D eigenvalue weighted by Crippen LogP contribution is 2.12. The van der Waals surface area contributed by atoms with Gasteiger partial charge in [-0.25, -0.2) is 4.79 Å². The molecule has 0 aliphatic rings. The van der Waals surface area contributed by atoms with Gasteiger partial charge in [0.05, 0.1) is 6.04 Å². The second-order valence-corrected chi connectivity index (χ2v) is 8.36. The van der Waals surface area contributed by atoms with E-state index in [1.54, 1.807) is 26.0 Å². The van der Waals surface area contributed by atoms with Gasteiger partial charge >= 0.3 is 5.97 Å². The molecule has 0 bridgehead atoms. The number of primary amides is 1. The molecule has 0 saturated carbocycles. The number of carbonyl (C=O) groups is 5. The van der Waals surface area contributed by atoms with E-state index in [4.69, 9.17) is 11.5 Å². The maximum absolute atomic E-state index is 13.0. The van der Waals surface area contributed by atoms with Gasteiger partial charge in [0.25, 0.3) is 0 Å². The molecule has 0 spiro atoms. The zero-order valence-corrected chi connectivity index (χ0v) is 19.4. The SMILES string of the molecule is CC(N)C(=O)NC(CCC(N)=O)C(=O)NC(Cc1ccc(O)cc1)C(=O)NC(C(=O)O)C(C)C. The van der Waals surface area contributed by atoms with E-state index in [9.17, 15) is 34.2 Å². The molecule has 12 heteroatoms. The number of phenolic OH excluding ortho intramolecular Hbond substituents is 1. The van der Waals surface area contributed by atoms with Crippen LogP contribution in [0.15, 0.2) is 24.3 Å². The standard InChI is InChI=1S/C22H33N5O7/c1-11(2)18(22(33)34)27-21(32)16(10-13-4-6-14(28)7-5-13)26-20(31)15(8-9-17(24)29)25-19(30)12(3)23/h4-7,11-12,15-16,18,28H,8-10,23H2,1-3H3,(H2,24,29)(H,25,30)(H,26,31)(H,27,32)(H,33,34). The number of benzene rings is 1. The van der Waals surface area contributed by atoms with Crippen molar-refractivity contribution in [2.45, 2.75) is 64.2 Å². The van der Waals surface area contributed by atoms with Crippen LogP contribution in [0.1, 0.15) is 39.2 Å². The van der Waals surface area contributed by atoms with Gasteiger partial charge in [0.15, 0.2) is 0 Å². The van der Waals surface area contributed by atoms with E-state index < -0.39 is 59.7 Å². The zero-order chi connectivity index (χ0) is 26.0. The molecular weight excluding hydrogens is 446 g/mol. The summed E-state index contributed by atoms with van der Waals surface area (Å²) in [5.41, 5.74) is 11.3. The summed E-state index contributed by atoms with van der Waals surface area (Å²) in [6.07, 6.45) is -0.371. The van der Waals surface area contributed by atoms with Gasteiger partial charge in [0.1, 0.15) is 23.9 Å². The first kappa shape index (κ1) is 28.4. The van der Waals surface area contributed by atoms with Crippen LogP contribution < -0.4 is 27.4 Å². The number of nitrogens with two attached hydrogens (primary N) is 2. The lowest BCUT2D eigenvalue weighted by Crippen LogP contribution is -2.58. The lowest BCUT2D eigenvalue weighted by molar-refractivity contribution is -0.143. The third kappa shape index (κ3) is 9.45. The van der Waals surface area contributed by atoms with Gasteiger partial charge in [0.2, 0.25) is 23.6 Å². The quantitative estimate of drug-likeness (QED) is 0.181. The van der Waals surface area contributed by atoms with Crippen LogP contribution in [0.5, 0.6) is 5.75 Å². The number of phenols is 1. The van der Waals surface area contributed by atoms with Crippen molar-refractivity contribution in [2.75, 3.05) is 0 Å². The zero-order valence-electron chi connectivity index (χ0n) is 19.4. The van der Waals surface area contributed by atoms with Crippen molar-refractivity contribution < 1.29 is 34.2 Å². The van der Waals surface area contributed by atoms with Crippen molar-refractivity contribution in [3.63, 3.8) is 0 Å². The van der Waals surface area contributed by atoms with E-state index in [1.165, 1.54) is 19.1 Å². The number of nitrogens with one attached hydrogen (secondary N) is 3. The summed E-state index contributed by atoms with van der Waals surface area (Å²) < 4.78 is 0. The van der Waals surface area contributed by atoms with Gasteiger partial charge < -0.3 is 37.6 Å². The van der Waals surface area contributed by atoms with Gasteiger partial charge in [-0.1, -0.05) is 26.0 Å². The Morgan fingerprint density at radius 3 is 1.88 bits per heavy atom. The van der Waals surface area contributed by atoms with E-state index in [1.807, 2.05) is 0 Å². The summed E-state index contributed by atoms with van der Waals surface area (Å²) in [6, 6.07) is 1.33. The fraction of sp³-hybridized carbons (Fsp3) is 0.500. The normalized spacial score (nSPS) is 14.4. The molecule has 1 aromatic carbocycles. The molecule has 12 nitrogen and oxygen atoms in total. The fourth-order valence-corrected chi connectivity index (χ4v) is 2.98. The highest BCUT2D eigenvalue weighted by molar-refractivity contribution is 5.94. The van der Waals surface area contributed by atoms with Crippen molar-refractivity contribution in [3.05, 3.63) is 29.8 Å². The Morgan fingerprint density at radius 1 is 0.882 bits per heavy atom. The van der Waals surface area contributed by atoms with Crippen molar-refractivity contribution in [3.8, 4) is 5.75 Å². The largest absolute Gasteiger partial charge is 0.508 e. The first-order valence-electron chi connectivity index (χ1n) is 10.8. The molecule has 1 aromatic rings. The molecule has 9 N–H and O–H groups in total. The number of carboxylic acids is 1. The summed E-state index contributed by atoms with van der Waals surface area (Å²) in [5.74, 6) is -4.52. The van der Waals surface area contributed by atoms with Crippen molar-refractivity contribution in [2.24, 2.45) is 17.4 Å². The second-order valence-electron chi connectivity index (χ2n) is 8.36. The number of carbonyl (C=O) groups excluding carboxylic acids is 4. The Morgan fingerprint density at radius 2 is 1.41 bits per heavy atom. The van der Waals surface area contributed by atoms with Crippen LogP contribution >= 0.6 is 0 Å². The van der Waals surface area contributed by atoms with Crippen molar-refractivity contribution in [1.29, 1.82) is 0 Å². The predicted molar refractivity (Wildman–Crippen MR) is 122 cm³/mol. The van der Waals surface area contributed by atoms with Crippen molar-refractivity contribution in [1.82, 2.24) is 16.0 Å². The average Bonchev–Trinajstić information content (AvgIpc) is 2.74. The van der Waals surface area contributed by atoms with Crippen molar-refractivity contribution >= 4 is 29.6 Å². The minimum absolute atomic E-state index is 0.00432. The highest BCUT2D eigenvalue weighted by Gasteiger charge is 2.31. The summed E-state index contributed by atoms with van der Waals surface area (Å²) in [7, 11) is 0. The molecule has 4 amide bonds. The van der Waals surface area contributed by atoms with Crippen LogP contribution in [-0.4, -0.2) is 64.0 Å². The van der Waals surface area contributed by atoms with E-state index in [0.29, 0.717) is 5.56 Å². The fourth-order valence-electron chi connectivity index (χ4n) is 2.98. The highest BCUT2D eigenvalue weighted by atomic mass is 16.4. The number of amides is 4. The summed E-state index contributed by atoms with van der Waals surface area (Å²) in [5, 5.41) is 26.3. The Balaban J connectivity index is 3.16. The maximum Gasteiger partial charge on any atom is 0.326 e. The number of hydrogen-bond donors (Lipinski definition) is 7. The smallest absolute Gasteiger partial charge is 0.326 e. The molecule has 4 unspecified atom stereocenters. The Bertz CT molecular complexity index is 886. The third-order valence-corrected chi connectivity index (χ3v) is 4.97. The van der Waals surface area contributed by atoms with Gasteiger partial charge in [-0.3, -0.25) is 19.2 Å². The molecule has 188 valence electrons. The van der Waals surface area contributed by atoms with Gasteiger partial charge in [-0.05, 0) is 37.0 Å². The Hall–Kier alpha value is -3.67. The molecule has 0 radical (unpaired) electrons. The molecule has 0 saturated heterocycles. The number of aromatic hydroxyl groups is 1. The molecule has 0 fully saturated rings. The van der Waals surface area contributed by atoms with E-state index in [2.05, 4.69) is 16.0 Å². The molecule has 1 rings (SSSR count). The second kappa shape index (κ2) is 13.1. The van der Waals surface area contributed by atoms with Crippen LogP contribution in [0.4, 0.5) is 0 Å². The van der Waals surface area contributed by atoms with E-state index in [0.717, 1.165) is 0 Å². The van der Waals surface area contributed by atoms with Crippen LogP contribution in [0.25, 0.3) is 0 Å². The first-order valence-corrected chi connectivity index (χ1v) is 10.8. The van der Waals surface area contributed by atoms with E-state index in [-0.39, 0.29) is 25.0 Å². The third-order valence-electron chi connectivity index (χ3n) is 4.97. The average molecular weight is 480 g/mol. The topological polar surface area (TPSA) is 214 Å². The Kier molecular flexibility index (Phi) is 11.0.